The molecule has 0 spiro atoms. The molecule has 1 aromatic carbocycles. The van der Waals surface area contributed by atoms with Gasteiger partial charge >= 0.3 is 6.18 Å². The molecule has 1 amide bonds. The van der Waals surface area contributed by atoms with Crippen LogP contribution in [0.15, 0.2) is 36.7 Å². The van der Waals surface area contributed by atoms with Gasteiger partial charge in [0.05, 0.1) is 12.1 Å². The van der Waals surface area contributed by atoms with Crippen molar-refractivity contribution in [1.29, 1.82) is 0 Å². The van der Waals surface area contributed by atoms with Crippen molar-refractivity contribution in [3.05, 3.63) is 53.6 Å². The second-order valence-electron chi connectivity index (χ2n) is 5.74. The summed E-state index contributed by atoms with van der Waals surface area (Å²) in [5, 5.41) is 2.79. The van der Waals surface area contributed by atoms with Crippen LogP contribution in [0, 0.1) is 5.92 Å². The number of nitrogens with one attached hydrogen (secondary N) is 1. The highest BCUT2D eigenvalue weighted by molar-refractivity contribution is 5.82. The quantitative estimate of drug-likeness (QED) is 0.940. The van der Waals surface area contributed by atoms with Crippen LogP contribution in [0.1, 0.15) is 29.3 Å². The van der Waals surface area contributed by atoms with Crippen LogP contribution in [-0.4, -0.2) is 15.5 Å². The van der Waals surface area contributed by atoms with Gasteiger partial charge in [-0.05, 0) is 24.0 Å². The molecule has 2 unspecified atom stereocenters. The first-order valence-electron chi connectivity index (χ1n) is 7.27. The zero-order valence-electron chi connectivity index (χ0n) is 12.5. The first kappa shape index (κ1) is 15.6. The van der Waals surface area contributed by atoms with Crippen molar-refractivity contribution in [1.82, 2.24) is 14.9 Å². The van der Waals surface area contributed by atoms with E-state index in [0.29, 0.717) is 18.5 Å². The van der Waals surface area contributed by atoms with Gasteiger partial charge in [0, 0.05) is 25.4 Å². The number of hydrogen-bond acceptors (Lipinski definition) is 2. The summed E-state index contributed by atoms with van der Waals surface area (Å²) < 4.78 is 40.0. The van der Waals surface area contributed by atoms with E-state index in [1.165, 1.54) is 6.07 Å². The molecule has 1 aromatic heterocycles. The fourth-order valence-electron chi connectivity index (χ4n) is 2.66. The first-order chi connectivity index (χ1) is 10.9. The molecule has 4 nitrogen and oxygen atoms in total. The SMILES string of the molecule is Cn1ccnc1CNC(=O)C1CC1c1cccc(C(F)(F)F)c1. The predicted molar refractivity (Wildman–Crippen MR) is 77.3 cm³/mol. The summed E-state index contributed by atoms with van der Waals surface area (Å²) in [7, 11) is 1.83. The highest BCUT2D eigenvalue weighted by atomic mass is 19.4. The van der Waals surface area contributed by atoms with Gasteiger partial charge < -0.3 is 9.88 Å². The lowest BCUT2D eigenvalue weighted by molar-refractivity contribution is -0.137. The van der Waals surface area contributed by atoms with E-state index < -0.39 is 11.7 Å². The number of alkyl halides is 3. The maximum atomic E-state index is 12.7. The van der Waals surface area contributed by atoms with E-state index in [2.05, 4.69) is 10.3 Å². The van der Waals surface area contributed by atoms with Crippen molar-refractivity contribution < 1.29 is 18.0 Å². The molecule has 1 heterocycles. The normalized spacial score (nSPS) is 20.3. The van der Waals surface area contributed by atoms with Crippen LogP contribution < -0.4 is 5.32 Å². The van der Waals surface area contributed by atoms with Gasteiger partial charge in [-0.15, -0.1) is 0 Å². The lowest BCUT2D eigenvalue weighted by atomic mass is 10.1. The third-order valence-electron chi connectivity index (χ3n) is 4.11. The lowest BCUT2D eigenvalue weighted by Crippen LogP contribution is -2.26. The standard InChI is InChI=1S/C16H16F3N3O/c1-22-6-5-20-14(22)9-21-15(23)13-8-12(13)10-3-2-4-11(7-10)16(17,18)19/h2-7,12-13H,8-9H2,1H3,(H,21,23). The first-order valence-corrected chi connectivity index (χ1v) is 7.27. The van der Waals surface area contributed by atoms with Gasteiger partial charge in [-0.2, -0.15) is 13.2 Å². The van der Waals surface area contributed by atoms with Crippen LogP contribution in [0.3, 0.4) is 0 Å². The molecule has 2 aromatic rings. The number of hydrogen-bond donors (Lipinski definition) is 1. The van der Waals surface area contributed by atoms with Crippen molar-refractivity contribution in [2.24, 2.45) is 13.0 Å². The minimum Gasteiger partial charge on any atom is -0.349 e. The van der Waals surface area contributed by atoms with E-state index in [1.807, 2.05) is 7.05 Å². The molecule has 1 aliphatic carbocycles. The average Bonchev–Trinajstić information content (AvgIpc) is 3.21. The van der Waals surface area contributed by atoms with Gasteiger partial charge in [-0.1, -0.05) is 18.2 Å². The molecule has 1 N–H and O–H groups in total. The van der Waals surface area contributed by atoms with Crippen molar-refractivity contribution in [3.63, 3.8) is 0 Å². The highest BCUT2D eigenvalue weighted by Gasteiger charge is 2.44. The second kappa shape index (κ2) is 5.72. The number of imidazole rings is 1. The summed E-state index contributed by atoms with van der Waals surface area (Å²) in [6.45, 7) is 0.314. The van der Waals surface area contributed by atoms with Gasteiger partial charge in [0.1, 0.15) is 5.82 Å². The van der Waals surface area contributed by atoms with Crippen LogP contribution in [-0.2, 0) is 24.6 Å². The number of amides is 1. The van der Waals surface area contributed by atoms with Crippen LogP contribution >= 0.6 is 0 Å². The number of carbonyl (C=O) groups excluding carboxylic acids is 1. The lowest BCUT2D eigenvalue weighted by Gasteiger charge is -2.09. The van der Waals surface area contributed by atoms with Crippen molar-refractivity contribution in [3.8, 4) is 0 Å². The average molecular weight is 323 g/mol. The maximum Gasteiger partial charge on any atom is 0.416 e. The summed E-state index contributed by atoms with van der Waals surface area (Å²) in [5.74, 6) is 0.183. The summed E-state index contributed by atoms with van der Waals surface area (Å²) in [6.07, 6.45) is -0.358. The monoisotopic (exact) mass is 323 g/mol. The Morgan fingerprint density at radius 1 is 1.43 bits per heavy atom. The third-order valence-corrected chi connectivity index (χ3v) is 4.11. The zero-order valence-corrected chi connectivity index (χ0v) is 12.5. The van der Waals surface area contributed by atoms with E-state index in [9.17, 15) is 18.0 Å². The molecule has 0 radical (unpaired) electrons. The Hall–Kier alpha value is -2.31. The van der Waals surface area contributed by atoms with Crippen molar-refractivity contribution >= 4 is 5.91 Å². The molecule has 23 heavy (non-hydrogen) atoms. The van der Waals surface area contributed by atoms with E-state index in [0.717, 1.165) is 18.0 Å². The topological polar surface area (TPSA) is 46.9 Å². The van der Waals surface area contributed by atoms with E-state index >= 15 is 0 Å². The molecule has 7 heteroatoms. The van der Waals surface area contributed by atoms with Gasteiger partial charge in [-0.3, -0.25) is 4.79 Å². The number of rotatable bonds is 4. The molecule has 3 rings (SSSR count). The van der Waals surface area contributed by atoms with Gasteiger partial charge in [0.15, 0.2) is 0 Å². The molecule has 1 fully saturated rings. The number of halogens is 3. The smallest absolute Gasteiger partial charge is 0.349 e. The number of aryl methyl sites for hydroxylation is 1. The molecule has 0 aliphatic heterocycles. The summed E-state index contributed by atoms with van der Waals surface area (Å²) in [6, 6.07) is 5.21. The van der Waals surface area contributed by atoms with Gasteiger partial charge in [0.2, 0.25) is 5.91 Å². The summed E-state index contributed by atoms with van der Waals surface area (Å²) >= 11 is 0. The van der Waals surface area contributed by atoms with Crippen molar-refractivity contribution in [2.45, 2.75) is 25.1 Å². The number of benzene rings is 1. The van der Waals surface area contributed by atoms with Crippen LogP contribution in [0.25, 0.3) is 0 Å². The molecule has 2 atom stereocenters. The molecular formula is C16H16F3N3O. The largest absolute Gasteiger partial charge is 0.416 e. The van der Waals surface area contributed by atoms with Gasteiger partial charge in [0.25, 0.3) is 0 Å². The highest BCUT2D eigenvalue weighted by Crippen LogP contribution is 2.48. The Bertz CT molecular complexity index is 723. The molecule has 0 bridgehead atoms. The molecule has 1 saturated carbocycles. The molecule has 0 saturated heterocycles. The van der Waals surface area contributed by atoms with Crippen molar-refractivity contribution in [2.75, 3.05) is 0 Å². The predicted octanol–water partition coefficient (Wildman–Crippen LogP) is 2.86. The number of nitrogens with zero attached hydrogens (tertiary/aromatic N) is 2. The van der Waals surface area contributed by atoms with Gasteiger partial charge in [-0.25, -0.2) is 4.98 Å². The minimum absolute atomic E-state index is 0.140. The second-order valence-corrected chi connectivity index (χ2v) is 5.74. The molecule has 1 aliphatic rings. The Labute approximate surface area is 131 Å². The molecular weight excluding hydrogens is 307 g/mol. The van der Waals surface area contributed by atoms with Crippen LogP contribution in [0.4, 0.5) is 13.2 Å². The van der Waals surface area contributed by atoms with E-state index in [1.54, 1.807) is 23.0 Å². The Kier molecular flexibility index (Phi) is 3.87. The maximum absolute atomic E-state index is 12.7. The zero-order chi connectivity index (χ0) is 16.6. The fourth-order valence-corrected chi connectivity index (χ4v) is 2.66. The fraction of sp³-hybridized carbons (Fsp3) is 0.375. The van der Waals surface area contributed by atoms with E-state index in [-0.39, 0.29) is 17.7 Å². The third kappa shape index (κ3) is 3.38. The number of carbonyl (C=O) groups is 1. The molecule has 122 valence electrons. The van der Waals surface area contributed by atoms with E-state index in [4.69, 9.17) is 0 Å². The van der Waals surface area contributed by atoms with Crippen LogP contribution in [0.5, 0.6) is 0 Å². The summed E-state index contributed by atoms with van der Waals surface area (Å²) in [4.78, 5) is 16.2. The Morgan fingerprint density at radius 2 is 2.22 bits per heavy atom. The summed E-state index contributed by atoms with van der Waals surface area (Å²) in [5.41, 5.74) is -0.106. The minimum atomic E-state index is -4.36. The Morgan fingerprint density at radius 3 is 2.87 bits per heavy atom. The Balaban J connectivity index is 1.61. The number of aromatic nitrogens is 2. The van der Waals surface area contributed by atoms with Crippen LogP contribution in [0.2, 0.25) is 0 Å².